The monoisotopic (exact) mass is 274 g/mol. The Hall–Kier alpha value is -1.61. The van der Waals surface area contributed by atoms with Crippen LogP contribution in [0.3, 0.4) is 0 Å². The first-order chi connectivity index (χ1) is 9.46. The zero-order valence-corrected chi connectivity index (χ0v) is 12.3. The van der Waals surface area contributed by atoms with E-state index in [1.54, 1.807) is 0 Å². The van der Waals surface area contributed by atoms with Gasteiger partial charge in [0.05, 0.1) is 12.5 Å². The molecule has 0 spiro atoms. The zero-order chi connectivity index (χ0) is 14.8. The summed E-state index contributed by atoms with van der Waals surface area (Å²) in [6, 6.07) is 9.69. The summed E-state index contributed by atoms with van der Waals surface area (Å²) < 4.78 is 5.40. The van der Waals surface area contributed by atoms with Crippen LogP contribution >= 0.6 is 0 Å². The van der Waals surface area contributed by atoms with Gasteiger partial charge < -0.3 is 9.84 Å². The number of aliphatic hydroxyl groups excluding tert-OH is 1. The predicted molar refractivity (Wildman–Crippen MR) is 77.8 cm³/mol. The molecule has 20 heavy (non-hydrogen) atoms. The van der Waals surface area contributed by atoms with E-state index in [-0.39, 0.29) is 29.8 Å². The van der Waals surface area contributed by atoms with Crippen LogP contribution < -0.4 is 0 Å². The summed E-state index contributed by atoms with van der Waals surface area (Å²) in [5.74, 6) is -0.0866. The lowest BCUT2D eigenvalue weighted by Crippen LogP contribution is -2.10. The van der Waals surface area contributed by atoms with Crippen molar-refractivity contribution in [2.45, 2.75) is 27.4 Å². The first-order valence-corrected chi connectivity index (χ1v) is 6.95. The lowest BCUT2D eigenvalue weighted by atomic mass is 10.1. The molecule has 0 radical (unpaired) electrons. The summed E-state index contributed by atoms with van der Waals surface area (Å²) in [7, 11) is 0. The molecule has 0 aromatic heterocycles. The van der Waals surface area contributed by atoms with Gasteiger partial charge in [-0.25, -0.2) is 0 Å². The summed E-state index contributed by atoms with van der Waals surface area (Å²) in [6.45, 7) is 6.36. The molecule has 108 valence electrons. The smallest absolute Gasteiger partial charge is 0.310 e. The number of carbonyl (C=O) groups excluding carboxylic acids is 1. The van der Waals surface area contributed by atoms with Gasteiger partial charge in [0, 0.05) is 0 Å². The Labute approximate surface area is 120 Å². The minimum absolute atomic E-state index is 0.0400. The van der Waals surface area contributed by atoms with Gasteiger partial charge in [-0.2, -0.15) is 0 Å². The first-order valence-electron chi connectivity index (χ1n) is 6.95. The molecule has 1 aliphatic rings. The molecule has 1 aromatic carbocycles. The van der Waals surface area contributed by atoms with Crippen molar-refractivity contribution in [3.05, 3.63) is 47.5 Å². The van der Waals surface area contributed by atoms with Crippen LogP contribution in [0, 0.1) is 17.3 Å². The molecule has 0 bridgehead atoms. The second-order valence-electron chi connectivity index (χ2n) is 6.09. The minimum atomic E-state index is -0.147. The van der Waals surface area contributed by atoms with E-state index >= 15 is 0 Å². The van der Waals surface area contributed by atoms with Gasteiger partial charge >= 0.3 is 5.97 Å². The van der Waals surface area contributed by atoms with Gasteiger partial charge in [0.1, 0.15) is 6.61 Å². The van der Waals surface area contributed by atoms with E-state index in [4.69, 9.17) is 9.84 Å². The van der Waals surface area contributed by atoms with Crippen molar-refractivity contribution in [3.8, 4) is 0 Å². The van der Waals surface area contributed by atoms with Crippen molar-refractivity contribution in [3.63, 3.8) is 0 Å². The molecular weight excluding hydrogens is 252 g/mol. The van der Waals surface area contributed by atoms with Crippen LogP contribution in [0.15, 0.2) is 42.0 Å². The Kier molecular flexibility index (Phi) is 4.29. The molecule has 1 saturated carbocycles. The molecule has 1 fully saturated rings. The second kappa shape index (κ2) is 5.80. The van der Waals surface area contributed by atoms with Crippen LogP contribution in [-0.2, 0) is 16.1 Å². The Morgan fingerprint density at radius 3 is 2.60 bits per heavy atom. The molecule has 0 amide bonds. The summed E-state index contributed by atoms with van der Waals surface area (Å²) in [6.07, 6.45) is 1.99. The van der Waals surface area contributed by atoms with E-state index in [1.807, 2.05) is 43.3 Å². The number of benzene rings is 1. The molecule has 0 aliphatic heterocycles. The molecule has 0 heterocycles. The molecule has 3 nitrogen and oxygen atoms in total. The average molecular weight is 274 g/mol. The maximum Gasteiger partial charge on any atom is 0.310 e. The van der Waals surface area contributed by atoms with Crippen molar-refractivity contribution in [2.24, 2.45) is 17.3 Å². The van der Waals surface area contributed by atoms with E-state index in [9.17, 15) is 4.79 Å². The largest absolute Gasteiger partial charge is 0.461 e. The van der Waals surface area contributed by atoms with E-state index in [0.29, 0.717) is 6.61 Å². The highest BCUT2D eigenvalue weighted by molar-refractivity contribution is 5.78. The van der Waals surface area contributed by atoms with Crippen LogP contribution in [0.4, 0.5) is 0 Å². The topological polar surface area (TPSA) is 46.5 Å². The highest BCUT2D eigenvalue weighted by atomic mass is 16.5. The van der Waals surface area contributed by atoms with E-state index in [0.717, 1.165) is 11.1 Å². The Morgan fingerprint density at radius 2 is 2.00 bits per heavy atom. The van der Waals surface area contributed by atoms with Crippen molar-refractivity contribution in [1.82, 2.24) is 0 Å². The standard InChI is InChI=1S/C17H22O3/c1-12(10-18)9-14-15(17(14,2)3)16(19)20-11-13-7-5-4-6-8-13/h4-9,14-15,18H,10-11H2,1-3H3/b12-9+. The molecule has 2 unspecified atom stereocenters. The quantitative estimate of drug-likeness (QED) is 0.663. The fourth-order valence-electron chi connectivity index (χ4n) is 2.62. The number of hydrogen-bond acceptors (Lipinski definition) is 3. The average Bonchev–Trinajstić information content (AvgIpc) is 2.98. The number of esters is 1. The van der Waals surface area contributed by atoms with E-state index in [2.05, 4.69) is 13.8 Å². The summed E-state index contributed by atoms with van der Waals surface area (Å²) >= 11 is 0. The Balaban J connectivity index is 1.93. The molecule has 1 N–H and O–H groups in total. The Morgan fingerprint density at radius 1 is 1.35 bits per heavy atom. The molecule has 3 heteroatoms. The van der Waals surface area contributed by atoms with E-state index in [1.165, 1.54) is 0 Å². The summed E-state index contributed by atoms with van der Waals surface area (Å²) in [4.78, 5) is 12.2. The lowest BCUT2D eigenvalue weighted by Gasteiger charge is -2.05. The zero-order valence-electron chi connectivity index (χ0n) is 12.3. The summed E-state index contributed by atoms with van der Waals surface area (Å²) in [5, 5.41) is 9.07. The molecular formula is C17H22O3. The first kappa shape index (κ1) is 14.8. The van der Waals surface area contributed by atoms with Crippen LogP contribution in [0.5, 0.6) is 0 Å². The third kappa shape index (κ3) is 3.10. The highest BCUT2D eigenvalue weighted by Crippen LogP contribution is 2.59. The Bertz CT molecular complexity index is 502. The van der Waals surface area contributed by atoms with Crippen molar-refractivity contribution < 1.29 is 14.6 Å². The molecule has 1 aromatic rings. The maximum atomic E-state index is 12.2. The molecule has 2 rings (SSSR count). The predicted octanol–water partition coefficient (Wildman–Crippen LogP) is 2.94. The number of carbonyl (C=O) groups is 1. The maximum absolute atomic E-state index is 12.2. The van der Waals surface area contributed by atoms with Gasteiger partial charge in [0.2, 0.25) is 0 Å². The van der Waals surface area contributed by atoms with Crippen LogP contribution in [0.2, 0.25) is 0 Å². The molecule has 2 atom stereocenters. The number of allylic oxidation sites excluding steroid dienone is 1. The van der Waals surface area contributed by atoms with Crippen LogP contribution in [0.25, 0.3) is 0 Å². The number of rotatable bonds is 5. The number of ether oxygens (including phenoxy) is 1. The second-order valence-corrected chi connectivity index (χ2v) is 6.09. The SMILES string of the molecule is C/C(=C\C1C(C(=O)OCc2ccccc2)C1(C)C)CO. The third-order valence-electron chi connectivity index (χ3n) is 4.10. The van der Waals surface area contributed by atoms with Gasteiger partial charge in [-0.1, -0.05) is 55.8 Å². The molecule has 1 aliphatic carbocycles. The van der Waals surface area contributed by atoms with Gasteiger partial charge in [-0.3, -0.25) is 4.79 Å². The highest BCUT2D eigenvalue weighted by Gasteiger charge is 2.61. The normalized spacial score (nSPS) is 24.3. The van der Waals surface area contributed by atoms with E-state index < -0.39 is 0 Å². The summed E-state index contributed by atoms with van der Waals surface area (Å²) in [5.41, 5.74) is 1.82. The van der Waals surface area contributed by atoms with Crippen molar-refractivity contribution in [2.75, 3.05) is 6.61 Å². The number of hydrogen-bond donors (Lipinski definition) is 1. The fourth-order valence-corrected chi connectivity index (χ4v) is 2.62. The third-order valence-corrected chi connectivity index (χ3v) is 4.10. The van der Waals surface area contributed by atoms with Crippen LogP contribution in [-0.4, -0.2) is 17.7 Å². The minimum Gasteiger partial charge on any atom is -0.461 e. The lowest BCUT2D eigenvalue weighted by molar-refractivity contribution is -0.147. The van der Waals surface area contributed by atoms with Gasteiger partial charge in [0.25, 0.3) is 0 Å². The van der Waals surface area contributed by atoms with Crippen LogP contribution in [0.1, 0.15) is 26.3 Å². The van der Waals surface area contributed by atoms with Crippen molar-refractivity contribution in [1.29, 1.82) is 0 Å². The van der Waals surface area contributed by atoms with Gasteiger partial charge in [0.15, 0.2) is 0 Å². The fraction of sp³-hybridized carbons (Fsp3) is 0.471. The van der Waals surface area contributed by atoms with Gasteiger partial charge in [-0.15, -0.1) is 0 Å². The van der Waals surface area contributed by atoms with Crippen molar-refractivity contribution >= 4 is 5.97 Å². The number of aliphatic hydroxyl groups is 1. The molecule has 0 saturated heterocycles. The van der Waals surface area contributed by atoms with Gasteiger partial charge in [-0.05, 0) is 23.8 Å².